The molecule has 0 aliphatic carbocycles. The molecule has 0 radical (unpaired) electrons. The smallest absolute Gasteiger partial charge is 0.407 e. The van der Waals surface area contributed by atoms with E-state index in [9.17, 15) is 9.90 Å². The fourth-order valence-electron chi connectivity index (χ4n) is 3.74. The zero-order valence-corrected chi connectivity index (χ0v) is 17.9. The molecule has 1 saturated heterocycles. The molecule has 0 saturated carbocycles. The number of nitrogens with zero attached hydrogens (tertiary/aromatic N) is 1. The van der Waals surface area contributed by atoms with Gasteiger partial charge in [0.15, 0.2) is 0 Å². The van der Waals surface area contributed by atoms with Crippen molar-refractivity contribution in [3.63, 3.8) is 0 Å². The molecule has 1 aliphatic rings. The molecule has 8 nitrogen and oxygen atoms in total. The van der Waals surface area contributed by atoms with Gasteiger partial charge in [-0.25, -0.2) is 9.78 Å². The van der Waals surface area contributed by atoms with Crippen molar-refractivity contribution in [3.05, 3.63) is 58.9 Å². The Morgan fingerprint density at radius 3 is 2.87 bits per heavy atom. The van der Waals surface area contributed by atoms with E-state index in [2.05, 4.69) is 20.6 Å². The number of imidazole rings is 1. The van der Waals surface area contributed by atoms with Gasteiger partial charge in [0.25, 0.3) is 0 Å². The maximum Gasteiger partial charge on any atom is 0.407 e. The van der Waals surface area contributed by atoms with Crippen molar-refractivity contribution < 1.29 is 19.4 Å². The van der Waals surface area contributed by atoms with Crippen LogP contribution in [0.2, 0.25) is 5.02 Å². The molecule has 4 N–H and O–H groups in total. The van der Waals surface area contributed by atoms with Crippen molar-refractivity contribution in [3.8, 4) is 5.75 Å². The lowest BCUT2D eigenvalue weighted by atomic mass is 10.0. The molecule has 1 aliphatic heterocycles. The molecular weight excluding hydrogens is 420 g/mol. The Hall–Kier alpha value is -2.81. The van der Waals surface area contributed by atoms with Crippen molar-refractivity contribution in [1.82, 2.24) is 20.6 Å². The van der Waals surface area contributed by atoms with Gasteiger partial charge in [-0.2, -0.15) is 0 Å². The maximum absolute atomic E-state index is 12.3. The average Bonchev–Trinajstić information content (AvgIpc) is 3.31. The summed E-state index contributed by atoms with van der Waals surface area (Å²) in [6, 6.07) is 13.0. The number of rotatable bonds is 7. The van der Waals surface area contributed by atoms with E-state index in [4.69, 9.17) is 21.1 Å². The number of benzene rings is 2. The Morgan fingerprint density at radius 2 is 2.10 bits per heavy atom. The van der Waals surface area contributed by atoms with Crippen LogP contribution in [0.25, 0.3) is 11.0 Å². The van der Waals surface area contributed by atoms with Crippen LogP contribution >= 0.6 is 11.6 Å². The number of alkyl carbamates (subject to hydrolysis) is 1. The number of halogens is 1. The SMILES string of the molecule is COc1ccc(C[C@H]2NC[C@H](O)[C@H]2OC(=O)NCCc2nc3ccc(Cl)cc3[nH]2)cc1. The van der Waals surface area contributed by atoms with Crippen molar-refractivity contribution in [2.75, 3.05) is 20.2 Å². The zero-order chi connectivity index (χ0) is 21.8. The first kappa shape index (κ1) is 21.4. The summed E-state index contributed by atoms with van der Waals surface area (Å²) in [4.78, 5) is 20.0. The lowest BCUT2D eigenvalue weighted by molar-refractivity contribution is 0.0190. The molecule has 2 aromatic carbocycles. The van der Waals surface area contributed by atoms with E-state index in [1.165, 1.54) is 0 Å². The predicted octanol–water partition coefficient (Wildman–Crippen LogP) is 2.44. The second-order valence-electron chi connectivity index (χ2n) is 7.53. The van der Waals surface area contributed by atoms with Crippen molar-refractivity contribution in [2.24, 2.45) is 0 Å². The molecule has 0 unspecified atom stereocenters. The summed E-state index contributed by atoms with van der Waals surface area (Å²) in [7, 11) is 1.62. The van der Waals surface area contributed by atoms with Gasteiger partial charge in [-0.05, 0) is 42.3 Å². The number of β-amino-alcohol motifs (C(OH)–C–C–N with tert-alkyl or cyclic N) is 1. The number of aliphatic hydroxyl groups is 1. The first-order valence-electron chi connectivity index (χ1n) is 10.1. The van der Waals surface area contributed by atoms with Crippen LogP contribution < -0.4 is 15.4 Å². The van der Waals surface area contributed by atoms with Gasteiger partial charge in [0, 0.05) is 24.5 Å². The number of methoxy groups -OCH3 is 1. The number of aromatic amines is 1. The standard InChI is InChI=1S/C22H25ClN4O4/c1-30-15-5-2-13(3-6-15)10-18-21(19(28)12-25-18)31-22(29)24-9-8-20-26-16-7-4-14(23)11-17(16)27-20/h2-7,11,18-19,21,25,28H,8-10,12H2,1H3,(H,24,29)(H,26,27)/t18-,19+,21+/m1/s1. The van der Waals surface area contributed by atoms with E-state index in [-0.39, 0.29) is 6.04 Å². The third-order valence-electron chi connectivity index (χ3n) is 5.35. The van der Waals surface area contributed by atoms with Crippen LogP contribution in [-0.2, 0) is 17.6 Å². The van der Waals surface area contributed by atoms with Gasteiger partial charge in [-0.1, -0.05) is 23.7 Å². The van der Waals surface area contributed by atoms with E-state index in [1.54, 1.807) is 13.2 Å². The van der Waals surface area contributed by atoms with Crippen LogP contribution in [-0.4, -0.2) is 59.6 Å². The van der Waals surface area contributed by atoms with Crippen LogP contribution in [0, 0.1) is 0 Å². The minimum atomic E-state index is -0.755. The third kappa shape index (κ3) is 5.28. The second-order valence-corrected chi connectivity index (χ2v) is 7.96. The van der Waals surface area contributed by atoms with Crippen LogP contribution in [0.5, 0.6) is 5.75 Å². The molecule has 0 bridgehead atoms. The van der Waals surface area contributed by atoms with Crippen molar-refractivity contribution in [2.45, 2.75) is 31.1 Å². The highest BCUT2D eigenvalue weighted by Gasteiger charge is 2.37. The molecule has 4 rings (SSSR count). The molecular formula is C22H25ClN4O4. The quantitative estimate of drug-likeness (QED) is 0.445. The number of ether oxygens (including phenoxy) is 2. The summed E-state index contributed by atoms with van der Waals surface area (Å²) in [6.07, 6.45) is -0.806. The molecule has 3 aromatic rings. The van der Waals surface area contributed by atoms with Crippen LogP contribution in [0.3, 0.4) is 0 Å². The Morgan fingerprint density at radius 1 is 1.29 bits per heavy atom. The van der Waals surface area contributed by atoms with Gasteiger partial charge in [-0.15, -0.1) is 0 Å². The molecule has 2 heterocycles. The van der Waals surface area contributed by atoms with E-state index < -0.39 is 18.3 Å². The zero-order valence-electron chi connectivity index (χ0n) is 17.1. The Balaban J connectivity index is 1.28. The Kier molecular flexibility index (Phi) is 6.60. The lowest BCUT2D eigenvalue weighted by Gasteiger charge is -2.22. The normalized spacial score (nSPS) is 20.7. The summed E-state index contributed by atoms with van der Waals surface area (Å²) in [5, 5.41) is 16.9. The van der Waals surface area contributed by atoms with Gasteiger partial charge < -0.3 is 30.2 Å². The number of amides is 1. The van der Waals surface area contributed by atoms with Crippen LogP contribution in [0.15, 0.2) is 42.5 Å². The first-order valence-corrected chi connectivity index (χ1v) is 10.5. The molecule has 31 heavy (non-hydrogen) atoms. The number of hydrogen-bond acceptors (Lipinski definition) is 6. The summed E-state index contributed by atoms with van der Waals surface area (Å²) >= 11 is 5.99. The van der Waals surface area contributed by atoms with Crippen molar-refractivity contribution in [1.29, 1.82) is 0 Å². The average molecular weight is 445 g/mol. The summed E-state index contributed by atoms with van der Waals surface area (Å²) in [5.41, 5.74) is 2.74. The van der Waals surface area contributed by atoms with Gasteiger partial charge in [0.1, 0.15) is 23.8 Å². The number of carbonyl (C=O) groups excluding carboxylic acids is 1. The molecule has 164 valence electrons. The van der Waals surface area contributed by atoms with E-state index in [1.807, 2.05) is 36.4 Å². The number of H-pyrrole nitrogens is 1. The molecule has 9 heteroatoms. The molecule has 1 aromatic heterocycles. The van der Waals surface area contributed by atoms with Crippen molar-refractivity contribution >= 4 is 28.7 Å². The number of aliphatic hydroxyl groups excluding tert-OH is 1. The minimum Gasteiger partial charge on any atom is -0.497 e. The summed E-state index contributed by atoms with van der Waals surface area (Å²) in [6.45, 7) is 0.728. The highest BCUT2D eigenvalue weighted by Crippen LogP contribution is 2.20. The molecule has 3 atom stereocenters. The number of fused-ring (bicyclic) bond motifs is 1. The molecule has 1 amide bonds. The summed E-state index contributed by atoms with van der Waals surface area (Å²) in [5.74, 6) is 1.53. The highest BCUT2D eigenvalue weighted by molar-refractivity contribution is 6.31. The van der Waals surface area contributed by atoms with E-state index in [0.29, 0.717) is 31.0 Å². The Bertz CT molecular complexity index is 1040. The maximum atomic E-state index is 12.3. The second kappa shape index (κ2) is 9.55. The fourth-order valence-corrected chi connectivity index (χ4v) is 3.91. The first-order chi connectivity index (χ1) is 15.0. The number of carbonyl (C=O) groups is 1. The van der Waals surface area contributed by atoms with E-state index >= 15 is 0 Å². The predicted molar refractivity (Wildman–Crippen MR) is 118 cm³/mol. The largest absolute Gasteiger partial charge is 0.497 e. The topological polar surface area (TPSA) is 108 Å². The van der Waals surface area contributed by atoms with Crippen LogP contribution in [0.1, 0.15) is 11.4 Å². The minimum absolute atomic E-state index is 0.172. The number of hydrogen-bond donors (Lipinski definition) is 4. The highest BCUT2D eigenvalue weighted by atomic mass is 35.5. The fraction of sp³-hybridized carbons (Fsp3) is 0.364. The third-order valence-corrected chi connectivity index (χ3v) is 5.58. The van der Waals surface area contributed by atoms with Crippen LogP contribution in [0.4, 0.5) is 4.79 Å². The summed E-state index contributed by atoms with van der Waals surface area (Å²) < 4.78 is 10.7. The van der Waals surface area contributed by atoms with Gasteiger partial charge in [0.05, 0.1) is 24.2 Å². The number of nitrogens with one attached hydrogen (secondary N) is 3. The van der Waals surface area contributed by atoms with Gasteiger partial charge >= 0.3 is 6.09 Å². The number of aromatic nitrogens is 2. The monoisotopic (exact) mass is 444 g/mol. The van der Waals surface area contributed by atoms with Gasteiger partial charge in [0.2, 0.25) is 0 Å². The molecule has 0 spiro atoms. The molecule has 1 fully saturated rings. The van der Waals surface area contributed by atoms with E-state index in [0.717, 1.165) is 28.2 Å². The van der Waals surface area contributed by atoms with Gasteiger partial charge in [-0.3, -0.25) is 0 Å². The Labute approximate surface area is 184 Å². The lowest BCUT2D eigenvalue weighted by Crippen LogP contribution is -2.41.